The average molecular weight is 157 g/mol. The van der Waals surface area contributed by atoms with Gasteiger partial charge in [0.25, 0.3) is 0 Å². The molecule has 0 unspecified atom stereocenters. The summed E-state index contributed by atoms with van der Waals surface area (Å²) in [5, 5.41) is 17.4. The Morgan fingerprint density at radius 1 is 1.64 bits per heavy atom. The summed E-state index contributed by atoms with van der Waals surface area (Å²) in [7, 11) is 0. The largest absolute Gasteiger partial charge is 0.503 e. The third-order valence-corrected chi connectivity index (χ3v) is 1.54. The van der Waals surface area contributed by atoms with Crippen LogP contribution in [0.3, 0.4) is 0 Å². The molecule has 5 nitrogen and oxygen atoms in total. The molecule has 0 bridgehead atoms. The van der Waals surface area contributed by atoms with Crippen LogP contribution >= 0.6 is 0 Å². The first kappa shape index (κ1) is 7.59. The molecule has 60 valence electrons. The topological polar surface area (TPSA) is 77.8 Å². The number of allylic oxidation sites excluding steroid dienone is 1. The van der Waals surface area contributed by atoms with Crippen molar-refractivity contribution in [3.63, 3.8) is 0 Å². The predicted octanol–water partition coefficient (Wildman–Crippen LogP) is 0.339. The number of hydrogen-bond acceptors (Lipinski definition) is 3. The monoisotopic (exact) mass is 157 g/mol. The number of nitrogens with zero attached hydrogens (tertiary/aromatic N) is 1. The fraction of sp³-hybridized carbons (Fsp3) is 0.333. The van der Waals surface area contributed by atoms with Crippen LogP contribution in [-0.4, -0.2) is 33.5 Å². The Kier molecular flexibility index (Phi) is 1.56. The number of aliphatic hydroxyl groups is 1. The van der Waals surface area contributed by atoms with Crippen molar-refractivity contribution in [1.29, 1.82) is 0 Å². The van der Waals surface area contributed by atoms with Crippen LogP contribution in [-0.2, 0) is 4.79 Å². The minimum Gasteiger partial charge on any atom is -0.503 e. The van der Waals surface area contributed by atoms with Crippen molar-refractivity contribution < 1.29 is 19.8 Å². The highest BCUT2D eigenvalue weighted by Crippen LogP contribution is 2.16. The van der Waals surface area contributed by atoms with Gasteiger partial charge in [-0.05, 0) is 6.92 Å². The van der Waals surface area contributed by atoms with Gasteiger partial charge in [0.2, 0.25) is 5.78 Å². The number of aliphatic hydroxyl groups excluding tert-OH is 1. The highest BCUT2D eigenvalue weighted by molar-refractivity contribution is 6.00. The molecular weight excluding hydrogens is 150 g/mol. The molecule has 0 fully saturated rings. The van der Waals surface area contributed by atoms with Crippen LogP contribution in [0.4, 0.5) is 4.79 Å². The van der Waals surface area contributed by atoms with E-state index in [2.05, 4.69) is 0 Å². The molecule has 0 atom stereocenters. The fourth-order valence-corrected chi connectivity index (χ4v) is 0.878. The molecule has 0 saturated carbocycles. The van der Waals surface area contributed by atoms with Crippen molar-refractivity contribution in [2.24, 2.45) is 0 Å². The lowest BCUT2D eigenvalue weighted by Gasteiger charge is -2.09. The second kappa shape index (κ2) is 2.26. The van der Waals surface area contributed by atoms with Crippen molar-refractivity contribution in [3.05, 3.63) is 11.5 Å². The highest BCUT2D eigenvalue weighted by Gasteiger charge is 2.30. The number of ketones is 1. The van der Waals surface area contributed by atoms with Gasteiger partial charge in [-0.25, -0.2) is 4.79 Å². The number of Topliss-reactive ketones (excluding diaryl/α,β-unsaturated/α-hetero) is 1. The van der Waals surface area contributed by atoms with E-state index in [1.807, 2.05) is 0 Å². The average Bonchev–Trinajstić information content (AvgIpc) is 2.17. The van der Waals surface area contributed by atoms with E-state index in [0.717, 1.165) is 4.90 Å². The highest BCUT2D eigenvalue weighted by atomic mass is 16.4. The van der Waals surface area contributed by atoms with E-state index in [1.165, 1.54) is 6.92 Å². The number of hydrogen-bond donors (Lipinski definition) is 2. The van der Waals surface area contributed by atoms with Crippen LogP contribution in [0.1, 0.15) is 6.92 Å². The van der Waals surface area contributed by atoms with Crippen molar-refractivity contribution in [1.82, 2.24) is 4.90 Å². The molecule has 1 aliphatic rings. The van der Waals surface area contributed by atoms with E-state index in [0.29, 0.717) is 0 Å². The Labute approximate surface area is 62.5 Å². The van der Waals surface area contributed by atoms with Crippen LogP contribution in [0.2, 0.25) is 0 Å². The molecule has 1 amide bonds. The van der Waals surface area contributed by atoms with Gasteiger partial charge >= 0.3 is 6.09 Å². The number of carboxylic acid groups (broad SMARTS) is 1. The zero-order valence-corrected chi connectivity index (χ0v) is 5.87. The van der Waals surface area contributed by atoms with Gasteiger partial charge in [0.1, 0.15) is 0 Å². The number of carbonyl (C=O) groups is 2. The SMILES string of the molecule is CC1=C(O)C(=O)CN1C(=O)O. The lowest BCUT2D eigenvalue weighted by atomic mass is 10.3. The third-order valence-electron chi connectivity index (χ3n) is 1.54. The summed E-state index contributed by atoms with van der Waals surface area (Å²) in [6, 6.07) is 0. The second-order valence-corrected chi connectivity index (χ2v) is 2.23. The maximum atomic E-state index is 10.7. The smallest absolute Gasteiger partial charge is 0.412 e. The van der Waals surface area contributed by atoms with Crippen LogP contribution < -0.4 is 0 Å². The van der Waals surface area contributed by atoms with Crippen molar-refractivity contribution in [3.8, 4) is 0 Å². The maximum absolute atomic E-state index is 10.7. The maximum Gasteiger partial charge on any atom is 0.412 e. The normalized spacial score (nSPS) is 17.9. The summed E-state index contributed by atoms with van der Waals surface area (Å²) in [5.74, 6) is -1.00. The Bertz CT molecular complexity index is 255. The van der Waals surface area contributed by atoms with Crippen molar-refractivity contribution >= 4 is 11.9 Å². The predicted molar refractivity (Wildman–Crippen MR) is 35.1 cm³/mol. The van der Waals surface area contributed by atoms with E-state index in [9.17, 15) is 9.59 Å². The minimum atomic E-state index is -1.22. The molecule has 0 spiro atoms. The fourth-order valence-electron chi connectivity index (χ4n) is 0.878. The zero-order valence-electron chi connectivity index (χ0n) is 5.87. The third kappa shape index (κ3) is 1.04. The molecule has 0 aromatic carbocycles. The van der Waals surface area contributed by atoms with Gasteiger partial charge in [0, 0.05) is 0 Å². The first-order chi connectivity index (χ1) is 5.04. The number of carbonyl (C=O) groups excluding carboxylic acids is 1. The van der Waals surface area contributed by atoms with Crippen LogP contribution in [0.15, 0.2) is 11.5 Å². The summed E-state index contributed by atoms with van der Waals surface area (Å²) in [4.78, 5) is 21.8. The molecule has 0 radical (unpaired) electrons. The van der Waals surface area contributed by atoms with Gasteiger partial charge < -0.3 is 10.2 Å². The number of rotatable bonds is 0. The van der Waals surface area contributed by atoms with Gasteiger partial charge in [-0.1, -0.05) is 0 Å². The van der Waals surface area contributed by atoms with Gasteiger partial charge in [-0.15, -0.1) is 0 Å². The molecule has 0 aromatic heterocycles. The molecule has 11 heavy (non-hydrogen) atoms. The Balaban J connectivity index is 2.95. The standard InChI is InChI=1S/C6H7NO4/c1-3-5(9)4(8)2-7(3)6(10)11/h9H,2H2,1H3,(H,10,11). The zero-order chi connectivity index (χ0) is 8.59. The van der Waals surface area contributed by atoms with E-state index in [4.69, 9.17) is 10.2 Å². The summed E-state index contributed by atoms with van der Waals surface area (Å²) in [6.07, 6.45) is -1.22. The molecule has 0 aromatic rings. The molecular formula is C6H7NO4. The molecule has 1 aliphatic heterocycles. The van der Waals surface area contributed by atoms with Gasteiger partial charge in [0.15, 0.2) is 5.76 Å². The molecule has 5 heteroatoms. The van der Waals surface area contributed by atoms with Gasteiger partial charge in [0.05, 0.1) is 12.2 Å². The van der Waals surface area contributed by atoms with E-state index < -0.39 is 17.6 Å². The molecule has 0 aliphatic carbocycles. The lowest BCUT2D eigenvalue weighted by molar-refractivity contribution is -0.116. The van der Waals surface area contributed by atoms with E-state index >= 15 is 0 Å². The van der Waals surface area contributed by atoms with E-state index in [-0.39, 0.29) is 12.2 Å². The van der Waals surface area contributed by atoms with Crippen molar-refractivity contribution in [2.75, 3.05) is 6.54 Å². The molecule has 1 rings (SSSR count). The van der Waals surface area contributed by atoms with Gasteiger partial charge in [-0.2, -0.15) is 0 Å². The summed E-state index contributed by atoms with van der Waals surface area (Å²) < 4.78 is 0. The Morgan fingerprint density at radius 3 is 2.36 bits per heavy atom. The lowest BCUT2D eigenvalue weighted by Crippen LogP contribution is -2.26. The molecule has 2 N–H and O–H groups in total. The molecule has 0 saturated heterocycles. The second-order valence-electron chi connectivity index (χ2n) is 2.23. The summed E-state index contributed by atoms with van der Waals surface area (Å²) >= 11 is 0. The quantitative estimate of drug-likeness (QED) is 0.531. The van der Waals surface area contributed by atoms with E-state index in [1.54, 1.807) is 0 Å². The summed E-state index contributed by atoms with van der Waals surface area (Å²) in [5.41, 5.74) is 0.0995. The Hall–Kier alpha value is -1.52. The summed E-state index contributed by atoms with van der Waals surface area (Å²) in [6.45, 7) is 1.11. The van der Waals surface area contributed by atoms with Gasteiger partial charge in [-0.3, -0.25) is 9.69 Å². The molecule has 1 heterocycles. The minimum absolute atomic E-state index is 0.0995. The first-order valence-electron chi connectivity index (χ1n) is 2.97. The number of amides is 1. The van der Waals surface area contributed by atoms with Crippen LogP contribution in [0, 0.1) is 0 Å². The van der Waals surface area contributed by atoms with Crippen LogP contribution in [0.5, 0.6) is 0 Å². The van der Waals surface area contributed by atoms with Crippen LogP contribution in [0.25, 0.3) is 0 Å². The van der Waals surface area contributed by atoms with Crippen molar-refractivity contribution in [2.45, 2.75) is 6.92 Å². The first-order valence-corrected chi connectivity index (χ1v) is 2.97. The Morgan fingerprint density at radius 2 is 2.18 bits per heavy atom.